The lowest BCUT2D eigenvalue weighted by Crippen LogP contribution is -2.16. The van der Waals surface area contributed by atoms with Gasteiger partial charge >= 0.3 is 0 Å². The number of nitrogens with one attached hydrogen (secondary N) is 1. The Balaban J connectivity index is 1.71. The van der Waals surface area contributed by atoms with Crippen LogP contribution in [-0.2, 0) is 13.0 Å². The molecule has 1 amide bonds. The van der Waals surface area contributed by atoms with E-state index in [4.69, 9.17) is 14.5 Å². The topological polar surface area (TPSA) is 65.4 Å². The van der Waals surface area contributed by atoms with Crippen LogP contribution in [0.4, 0.5) is 5.69 Å². The van der Waals surface area contributed by atoms with Gasteiger partial charge in [0.15, 0.2) is 0 Å². The Bertz CT molecular complexity index is 1010. The zero-order valence-electron chi connectivity index (χ0n) is 16.8. The molecular weight excluding hydrogens is 366 g/mol. The van der Waals surface area contributed by atoms with Gasteiger partial charge in [-0.25, -0.2) is 4.98 Å². The number of carbonyl (C=O) groups is 1. The molecule has 1 aliphatic rings. The molecule has 0 saturated heterocycles. The fourth-order valence-corrected chi connectivity index (χ4v) is 3.79. The van der Waals surface area contributed by atoms with Crippen LogP contribution in [0.25, 0.3) is 11.4 Å². The number of rotatable bonds is 5. The highest BCUT2D eigenvalue weighted by Crippen LogP contribution is 2.31. The predicted octanol–water partition coefficient (Wildman–Crippen LogP) is 4.55. The van der Waals surface area contributed by atoms with Crippen LogP contribution in [0.3, 0.4) is 0 Å². The van der Waals surface area contributed by atoms with Gasteiger partial charge in [0, 0.05) is 18.2 Å². The number of amides is 1. The number of benzene rings is 2. The van der Waals surface area contributed by atoms with E-state index in [-0.39, 0.29) is 5.91 Å². The van der Waals surface area contributed by atoms with Crippen LogP contribution in [0, 0.1) is 0 Å². The number of aromatic nitrogens is 2. The molecule has 0 aliphatic carbocycles. The summed E-state index contributed by atoms with van der Waals surface area (Å²) in [5, 5.41) is 2.97. The Morgan fingerprint density at radius 2 is 1.86 bits per heavy atom. The second kappa shape index (κ2) is 8.39. The van der Waals surface area contributed by atoms with E-state index in [1.165, 1.54) is 0 Å². The quantitative estimate of drug-likeness (QED) is 0.693. The number of imidazole rings is 1. The first kappa shape index (κ1) is 19.1. The summed E-state index contributed by atoms with van der Waals surface area (Å²) >= 11 is 0. The van der Waals surface area contributed by atoms with Gasteiger partial charge in [-0.3, -0.25) is 4.79 Å². The van der Waals surface area contributed by atoms with Gasteiger partial charge in [-0.05, 0) is 31.4 Å². The maximum absolute atomic E-state index is 13.2. The molecule has 0 fully saturated rings. The minimum atomic E-state index is -0.221. The summed E-state index contributed by atoms with van der Waals surface area (Å²) in [5.74, 6) is 1.85. The largest absolute Gasteiger partial charge is 0.497 e. The van der Waals surface area contributed by atoms with Crippen molar-refractivity contribution >= 4 is 11.6 Å². The summed E-state index contributed by atoms with van der Waals surface area (Å²) in [6, 6.07) is 15.4. The first-order valence-electron chi connectivity index (χ1n) is 9.89. The average molecular weight is 391 g/mol. The molecule has 6 nitrogen and oxygen atoms in total. The molecule has 1 aromatic heterocycles. The maximum Gasteiger partial charge on any atom is 0.276 e. The number of carbonyl (C=O) groups excluding carboxylic acids is 1. The van der Waals surface area contributed by atoms with E-state index in [0.29, 0.717) is 22.9 Å². The van der Waals surface area contributed by atoms with Crippen molar-refractivity contribution in [1.29, 1.82) is 0 Å². The molecule has 1 aliphatic heterocycles. The van der Waals surface area contributed by atoms with E-state index in [0.717, 1.165) is 49.3 Å². The molecule has 3 aromatic rings. The summed E-state index contributed by atoms with van der Waals surface area (Å²) in [4.78, 5) is 18.0. The van der Waals surface area contributed by atoms with Crippen LogP contribution < -0.4 is 14.8 Å². The molecule has 0 radical (unpaired) electrons. The maximum atomic E-state index is 13.2. The number of ether oxygens (including phenoxy) is 2. The Hall–Kier alpha value is -3.28. The molecule has 2 aromatic carbocycles. The van der Waals surface area contributed by atoms with Crippen molar-refractivity contribution in [3.63, 3.8) is 0 Å². The first-order chi connectivity index (χ1) is 14.2. The molecule has 0 spiro atoms. The Morgan fingerprint density at radius 3 is 2.62 bits per heavy atom. The van der Waals surface area contributed by atoms with Crippen molar-refractivity contribution < 1.29 is 14.3 Å². The molecule has 150 valence electrons. The smallest absolute Gasteiger partial charge is 0.276 e. The number of hydrogen-bond acceptors (Lipinski definition) is 4. The minimum absolute atomic E-state index is 0.221. The number of methoxy groups -OCH3 is 2. The van der Waals surface area contributed by atoms with E-state index in [1.54, 1.807) is 32.4 Å². The molecule has 1 N–H and O–H groups in total. The van der Waals surface area contributed by atoms with Crippen molar-refractivity contribution in [1.82, 2.24) is 9.55 Å². The van der Waals surface area contributed by atoms with Crippen molar-refractivity contribution in [3.8, 4) is 22.9 Å². The summed E-state index contributed by atoms with van der Waals surface area (Å²) in [6.45, 7) is 0.881. The molecule has 0 saturated carbocycles. The average Bonchev–Trinajstić information content (AvgIpc) is 2.95. The van der Waals surface area contributed by atoms with Gasteiger partial charge in [0.05, 0.1) is 25.6 Å². The van der Waals surface area contributed by atoms with Crippen LogP contribution in [0.5, 0.6) is 11.5 Å². The number of nitrogens with zero attached hydrogens (tertiary/aromatic N) is 2. The van der Waals surface area contributed by atoms with E-state index in [1.807, 2.05) is 30.3 Å². The highest BCUT2D eigenvalue weighted by atomic mass is 16.5. The lowest BCUT2D eigenvalue weighted by atomic mass is 10.1. The number of anilines is 1. The van der Waals surface area contributed by atoms with Gasteiger partial charge in [0.1, 0.15) is 23.0 Å². The zero-order valence-corrected chi connectivity index (χ0v) is 16.8. The molecule has 6 heteroatoms. The molecule has 29 heavy (non-hydrogen) atoms. The van der Waals surface area contributed by atoms with Gasteiger partial charge in [-0.2, -0.15) is 0 Å². The third-order valence-electron chi connectivity index (χ3n) is 5.27. The second-order valence-electron chi connectivity index (χ2n) is 7.08. The van der Waals surface area contributed by atoms with Crippen LogP contribution in [0.15, 0.2) is 48.5 Å². The van der Waals surface area contributed by atoms with Gasteiger partial charge in [-0.1, -0.05) is 36.8 Å². The molecular formula is C23H25N3O3. The highest BCUT2D eigenvalue weighted by molar-refractivity contribution is 6.05. The summed E-state index contributed by atoms with van der Waals surface area (Å²) in [7, 11) is 3.17. The van der Waals surface area contributed by atoms with Crippen LogP contribution in [0.1, 0.15) is 35.4 Å². The fraction of sp³-hybridized carbons (Fsp3) is 0.304. The van der Waals surface area contributed by atoms with Gasteiger partial charge in [0.25, 0.3) is 5.91 Å². The number of hydrogen-bond donors (Lipinski definition) is 1. The lowest BCUT2D eigenvalue weighted by Gasteiger charge is -2.12. The first-order valence-corrected chi connectivity index (χ1v) is 9.89. The van der Waals surface area contributed by atoms with Crippen molar-refractivity contribution in [3.05, 3.63) is 59.9 Å². The summed E-state index contributed by atoms with van der Waals surface area (Å²) in [6.07, 6.45) is 4.16. The predicted molar refractivity (Wildman–Crippen MR) is 113 cm³/mol. The fourth-order valence-electron chi connectivity index (χ4n) is 3.79. The molecule has 0 atom stereocenters. The van der Waals surface area contributed by atoms with Gasteiger partial charge in [0.2, 0.25) is 0 Å². The van der Waals surface area contributed by atoms with E-state index < -0.39 is 0 Å². The SMILES string of the molecule is COc1ccc(NC(=O)c2nc(-c3ccccc3)n3c2CCCCC3)c(OC)c1. The molecule has 2 heterocycles. The Morgan fingerprint density at radius 1 is 1.03 bits per heavy atom. The molecule has 4 rings (SSSR count). The minimum Gasteiger partial charge on any atom is -0.497 e. The summed E-state index contributed by atoms with van der Waals surface area (Å²) < 4.78 is 12.9. The third-order valence-corrected chi connectivity index (χ3v) is 5.27. The molecule has 0 bridgehead atoms. The van der Waals surface area contributed by atoms with Gasteiger partial charge in [-0.15, -0.1) is 0 Å². The van der Waals surface area contributed by atoms with Crippen LogP contribution >= 0.6 is 0 Å². The van der Waals surface area contributed by atoms with Crippen molar-refractivity contribution in [2.45, 2.75) is 32.2 Å². The normalized spacial score (nSPS) is 13.3. The Labute approximate surface area is 170 Å². The van der Waals surface area contributed by atoms with Crippen LogP contribution in [0.2, 0.25) is 0 Å². The highest BCUT2D eigenvalue weighted by Gasteiger charge is 2.25. The van der Waals surface area contributed by atoms with E-state index in [2.05, 4.69) is 9.88 Å². The summed E-state index contributed by atoms with van der Waals surface area (Å²) in [5.41, 5.74) is 3.11. The zero-order chi connectivity index (χ0) is 20.2. The van der Waals surface area contributed by atoms with Crippen LogP contribution in [-0.4, -0.2) is 29.7 Å². The number of fused-ring (bicyclic) bond motifs is 1. The standard InChI is InChI=1S/C23H25N3O3/c1-28-17-12-13-18(20(15-17)29-2)24-23(27)21-19-11-7-4-8-14-26(19)22(25-21)16-9-5-3-6-10-16/h3,5-6,9-10,12-13,15H,4,7-8,11,14H2,1-2H3,(H,24,27). The molecule has 0 unspecified atom stereocenters. The third kappa shape index (κ3) is 3.83. The Kier molecular flexibility index (Phi) is 5.51. The van der Waals surface area contributed by atoms with Crippen molar-refractivity contribution in [2.75, 3.05) is 19.5 Å². The van der Waals surface area contributed by atoms with E-state index in [9.17, 15) is 4.79 Å². The second-order valence-corrected chi connectivity index (χ2v) is 7.08. The van der Waals surface area contributed by atoms with E-state index >= 15 is 0 Å². The van der Waals surface area contributed by atoms with Crippen molar-refractivity contribution in [2.24, 2.45) is 0 Å². The monoisotopic (exact) mass is 391 g/mol. The van der Waals surface area contributed by atoms with Gasteiger partial charge < -0.3 is 19.4 Å². The lowest BCUT2D eigenvalue weighted by molar-refractivity contribution is 0.102.